The molecule has 0 aromatic rings. The summed E-state index contributed by atoms with van der Waals surface area (Å²) in [6.45, 7) is 6.38. The van der Waals surface area contributed by atoms with Crippen LogP contribution in [0.15, 0.2) is 0 Å². The van der Waals surface area contributed by atoms with E-state index in [1.807, 2.05) is 11.8 Å². The average Bonchev–Trinajstić information content (AvgIpc) is 2.46. The van der Waals surface area contributed by atoms with Gasteiger partial charge in [-0.15, -0.1) is 0 Å². The quantitative estimate of drug-likeness (QED) is 0.687. The first-order valence-corrected chi connectivity index (χ1v) is 7.02. The van der Waals surface area contributed by atoms with Gasteiger partial charge in [-0.1, -0.05) is 12.2 Å². The fraction of sp³-hybridized carbons (Fsp3) is 0.833. The zero-order chi connectivity index (χ0) is 13.8. The molecular weight excluding hydrogens is 266 g/mol. The molecule has 0 aliphatic carbocycles. The molecule has 2 aliphatic heterocycles. The van der Waals surface area contributed by atoms with Crippen molar-refractivity contribution in [2.75, 3.05) is 46.0 Å². The van der Waals surface area contributed by atoms with Gasteiger partial charge in [-0.3, -0.25) is 9.69 Å². The molecule has 2 fully saturated rings. The molecule has 0 saturated carbocycles. The van der Waals surface area contributed by atoms with Gasteiger partial charge in [-0.05, 0) is 6.92 Å². The van der Waals surface area contributed by atoms with Crippen molar-refractivity contribution in [2.45, 2.75) is 19.1 Å². The van der Waals surface area contributed by atoms with Crippen LogP contribution in [0.3, 0.4) is 0 Å². The highest BCUT2D eigenvalue weighted by Crippen LogP contribution is 2.11. The van der Waals surface area contributed by atoms with Crippen molar-refractivity contribution in [3.05, 3.63) is 0 Å². The zero-order valence-corrected chi connectivity index (χ0v) is 12.0. The maximum Gasteiger partial charge on any atom is 0.254 e. The smallest absolute Gasteiger partial charge is 0.254 e. The second-order valence-electron chi connectivity index (χ2n) is 4.87. The van der Waals surface area contributed by atoms with Gasteiger partial charge in [0.2, 0.25) is 0 Å². The number of amides is 1. The molecule has 2 aliphatic rings. The Morgan fingerprint density at radius 3 is 2.53 bits per heavy atom. The molecule has 0 aromatic heterocycles. The van der Waals surface area contributed by atoms with E-state index in [1.165, 1.54) is 0 Å². The predicted octanol–water partition coefficient (Wildman–Crippen LogP) is -0.779. The lowest BCUT2D eigenvalue weighted by Gasteiger charge is -2.39. The van der Waals surface area contributed by atoms with E-state index in [0.717, 1.165) is 13.1 Å². The Balaban J connectivity index is 1.82. The molecule has 2 N–H and O–H groups in total. The predicted molar refractivity (Wildman–Crippen MR) is 75.0 cm³/mol. The topological polar surface area (TPSA) is 68.0 Å². The van der Waals surface area contributed by atoms with Crippen molar-refractivity contribution < 1.29 is 14.3 Å². The Morgan fingerprint density at radius 1 is 1.32 bits per heavy atom. The van der Waals surface area contributed by atoms with E-state index in [0.29, 0.717) is 37.9 Å². The standard InChI is InChI=1S/C12H21N3O3S/c1-9(11(13)19)14-2-4-15(5-3-14)12(16)10-8-17-6-7-18-10/h9-10H,2-8H2,1H3,(H2,13,19). The second kappa shape index (κ2) is 6.60. The summed E-state index contributed by atoms with van der Waals surface area (Å²) in [5.41, 5.74) is 5.65. The van der Waals surface area contributed by atoms with Crippen molar-refractivity contribution >= 4 is 23.1 Å². The van der Waals surface area contributed by atoms with Gasteiger partial charge in [0.05, 0.1) is 30.9 Å². The summed E-state index contributed by atoms with van der Waals surface area (Å²) in [7, 11) is 0. The molecule has 0 spiro atoms. The molecule has 2 atom stereocenters. The Bertz CT molecular complexity index is 339. The molecule has 1 amide bonds. The van der Waals surface area contributed by atoms with Crippen LogP contribution in [0.5, 0.6) is 0 Å². The highest BCUT2D eigenvalue weighted by Gasteiger charge is 2.31. The van der Waals surface area contributed by atoms with Crippen molar-refractivity contribution in [1.82, 2.24) is 9.80 Å². The van der Waals surface area contributed by atoms with E-state index in [4.69, 9.17) is 27.4 Å². The number of nitrogens with zero attached hydrogens (tertiary/aromatic N) is 2. The molecule has 19 heavy (non-hydrogen) atoms. The molecule has 0 radical (unpaired) electrons. The van der Waals surface area contributed by atoms with Crippen LogP contribution in [0.1, 0.15) is 6.92 Å². The monoisotopic (exact) mass is 287 g/mol. The summed E-state index contributed by atoms with van der Waals surface area (Å²) < 4.78 is 10.7. The Morgan fingerprint density at radius 2 is 2.00 bits per heavy atom. The summed E-state index contributed by atoms with van der Waals surface area (Å²) in [6, 6.07) is 0.0847. The van der Waals surface area contributed by atoms with Gasteiger partial charge >= 0.3 is 0 Å². The van der Waals surface area contributed by atoms with Crippen LogP contribution in [0.4, 0.5) is 0 Å². The van der Waals surface area contributed by atoms with E-state index < -0.39 is 6.10 Å². The molecular formula is C12H21N3O3S. The van der Waals surface area contributed by atoms with Crippen molar-refractivity contribution in [3.63, 3.8) is 0 Å². The first-order valence-electron chi connectivity index (χ1n) is 6.61. The molecule has 0 aromatic carbocycles. The Hall–Kier alpha value is -0.760. The largest absolute Gasteiger partial charge is 0.392 e. The van der Waals surface area contributed by atoms with E-state index >= 15 is 0 Å². The van der Waals surface area contributed by atoms with Crippen LogP contribution in [0.2, 0.25) is 0 Å². The van der Waals surface area contributed by atoms with Crippen LogP contribution in [0.25, 0.3) is 0 Å². The first-order chi connectivity index (χ1) is 9.09. The third kappa shape index (κ3) is 3.62. The van der Waals surface area contributed by atoms with Crippen molar-refractivity contribution in [2.24, 2.45) is 5.73 Å². The van der Waals surface area contributed by atoms with Crippen molar-refractivity contribution in [1.29, 1.82) is 0 Å². The fourth-order valence-corrected chi connectivity index (χ4v) is 2.49. The summed E-state index contributed by atoms with van der Waals surface area (Å²) in [4.78, 5) is 16.8. The summed E-state index contributed by atoms with van der Waals surface area (Å²) >= 11 is 5.00. The number of ether oxygens (including phenoxy) is 2. The Kier molecular flexibility index (Phi) is 5.09. The number of hydrogen-bond acceptors (Lipinski definition) is 5. The lowest BCUT2D eigenvalue weighted by atomic mass is 10.2. The molecule has 108 valence electrons. The first kappa shape index (κ1) is 14.6. The third-order valence-corrected chi connectivity index (χ3v) is 4.02. The van der Waals surface area contributed by atoms with Gasteiger partial charge < -0.3 is 20.1 Å². The van der Waals surface area contributed by atoms with Gasteiger partial charge in [0.1, 0.15) is 0 Å². The number of carbonyl (C=O) groups is 1. The Labute approximate surface area is 118 Å². The SMILES string of the molecule is CC(C(N)=S)N1CCN(C(=O)C2COCCO2)CC1. The maximum absolute atomic E-state index is 12.2. The second-order valence-corrected chi connectivity index (χ2v) is 5.35. The van der Waals surface area contributed by atoms with Gasteiger partial charge in [-0.2, -0.15) is 0 Å². The summed E-state index contributed by atoms with van der Waals surface area (Å²) in [6.07, 6.45) is -0.437. The van der Waals surface area contributed by atoms with Crippen LogP contribution >= 0.6 is 12.2 Å². The van der Waals surface area contributed by atoms with E-state index in [9.17, 15) is 4.79 Å². The average molecular weight is 287 g/mol. The number of nitrogens with two attached hydrogens (primary N) is 1. The molecule has 2 saturated heterocycles. The normalized spacial score (nSPS) is 27.0. The molecule has 6 nitrogen and oxygen atoms in total. The van der Waals surface area contributed by atoms with E-state index in [1.54, 1.807) is 0 Å². The van der Waals surface area contributed by atoms with Crippen LogP contribution < -0.4 is 5.73 Å². The van der Waals surface area contributed by atoms with Gasteiger partial charge in [-0.25, -0.2) is 0 Å². The van der Waals surface area contributed by atoms with E-state index in [2.05, 4.69) is 4.90 Å². The maximum atomic E-state index is 12.2. The van der Waals surface area contributed by atoms with Gasteiger partial charge in [0, 0.05) is 26.2 Å². The zero-order valence-electron chi connectivity index (χ0n) is 11.2. The van der Waals surface area contributed by atoms with Gasteiger partial charge in [0.25, 0.3) is 5.91 Å². The van der Waals surface area contributed by atoms with Crippen LogP contribution in [-0.4, -0.2) is 78.8 Å². The molecule has 7 heteroatoms. The minimum absolute atomic E-state index is 0.0299. The molecule has 2 unspecified atom stereocenters. The molecule has 0 bridgehead atoms. The highest BCUT2D eigenvalue weighted by atomic mass is 32.1. The highest BCUT2D eigenvalue weighted by molar-refractivity contribution is 7.80. The number of piperazine rings is 1. The van der Waals surface area contributed by atoms with Crippen LogP contribution in [0, 0.1) is 0 Å². The van der Waals surface area contributed by atoms with Gasteiger partial charge in [0.15, 0.2) is 6.10 Å². The minimum Gasteiger partial charge on any atom is -0.392 e. The third-order valence-electron chi connectivity index (χ3n) is 3.68. The number of rotatable bonds is 3. The summed E-state index contributed by atoms with van der Waals surface area (Å²) in [5, 5.41) is 0. The van der Waals surface area contributed by atoms with Crippen molar-refractivity contribution in [3.8, 4) is 0 Å². The number of carbonyl (C=O) groups excluding carboxylic acids is 1. The lowest BCUT2D eigenvalue weighted by molar-refractivity contribution is -0.159. The lowest BCUT2D eigenvalue weighted by Crippen LogP contribution is -2.56. The summed E-state index contributed by atoms with van der Waals surface area (Å²) in [5.74, 6) is 0.0299. The fourth-order valence-electron chi connectivity index (χ4n) is 2.34. The number of thiocarbonyl (C=S) groups is 1. The van der Waals surface area contributed by atoms with Crippen LogP contribution in [-0.2, 0) is 14.3 Å². The van der Waals surface area contributed by atoms with E-state index in [-0.39, 0.29) is 11.9 Å². The minimum atomic E-state index is -0.437. The molecule has 2 rings (SSSR count). The molecule has 2 heterocycles. The number of hydrogen-bond donors (Lipinski definition) is 1.